The van der Waals surface area contributed by atoms with Crippen LogP contribution in [-0.4, -0.2) is 22.2 Å². The van der Waals surface area contributed by atoms with E-state index >= 15 is 0 Å². The third-order valence-corrected chi connectivity index (χ3v) is 4.50. The first-order valence-electron chi connectivity index (χ1n) is 8.14. The Balaban J connectivity index is 2.37. The zero-order chi connectivity index (χ0) is 18.6. The average Bonchev–Trinajstić information content (AvgIpc) is 2.57. The Bertz CT molecular complexity index is 779. The maximum absolute atomic E-state index is 15.0. The third-order valence-electron chi connectivity index (χ3n) is 4.50. The van der Waals surface area contributed by atoms with Crippen LogP contribution in [0, 0.1) is 11.8 Å². The molecule has 0 spiro atoms. The first-order valence-corrected chi connectivity index (χ1v) is 8.14. The van der Waals surface area contributed by atoms with E-state index in [1.807, 2.05) is 0 Å². The summed E-state index contributed by atoms with van der Waals surface area (Å²) in [5.41, 5.74) is 0.131. The molecular weight excluding hydrogens is 328 g/mol. The number of alkyl halides is 1. The van der Waals surface area contributed by atoms with E-state index in [0.29, 0.717) is 18.4 Å². The van der Waals surface area contributed by atoms with Gasteiger partial charge < -0.3 is 10.1 Å². The number of aromatic nitrogens is 1. The number of hydrogen-bond donors (Lipinski definition) is 2. The van der Waals surface area contributed by atoms with Crippen molar-refractivity contribution in [3.05, 3.63) is 64.4 Å². The number of H-pyrrole nitrogens is 1. The van der Waals surface area contributed by atoms with Crippen molar-refractivity contribution in [2.75, 3.05) is 0 Å². The van der Waals surface area contributed by atoms with Crippen molar-refractivity contribution in [2.24, 2.45) is 11.8 Å². The van der Waals surface area contributed by atoms with Crippen LogP contribution in [0.4, 0.5) is 8.78 Å². The van der Waals surface area contributed by atoms with E-state index in [2.05, 4.69) is 11.6 Å². The van der Waals surface area contributed by atoms with E-state index in [-0.39, 0.29) is 17.6 Å². The monoisotopic (exact) mass is 349 g/mol. The average molecular weight is 349 g/mol. The van der Waals surface area contributed by atoms with Crippen molar-refractivity contribution in [2.45, 2.75) is 32.4 Å². The first kappa shape index (κ1) is 18.8. The minimum absolute atomic E-state index is 0.0241. The topological polar surface area (TPSA) is 70.2 Å². The molecule has 1 aromatic heterocycles. The van der Waals surface area contributed by atoms with Gasteiger partial charge in [-0.1, -0.05) is 13.0 Å². The van der Waals surface area contributed by atoms with E-state index in [4.69, 9.17) is 5.11 Å². The van der Waals surface area contributed by atoms with Crippen LogP contribution in [0.5, 0.6) is 0 Å². The number of allylic oxidation sites excluding steroid dienone is 5. The lowest BCUT2D eigenvalue weighted by atomic mass is 9.77. The highest BCUT2D eigenvalue weighted by molar-refractivity contribution is 5.72. The van der Waals surface area contributed by atoms with Gasteiger partial charge in [-0.25, -0.2) is 8.78 Å². The fraction of sp³-hybridized carbons (Fsp3) is 0.368. The molecule has 0 saturated heterocycles. The molecule has 1 heterocycles. The van der Waals surface area contributed by atoms with E-state index in [0.717, 1.165) is 0 Å². The first-order chi connectivity index (χ1) is 11.9. The Morgan fingerprint density at radius 2 is 2.24 bits per heavy atom. The summed E-state index contributed by atoms with van der Waals surface area (Å²) >= 11 is 0. The van der Waals surface area contributed by atoms with Crippen LogP contribution in [0.15, 0.2) is 53.3 Å². The Morgan fingerprint density at radius 3 is 2.84 bits per heavy atom. The van der Waals surface area contributed by atoms with Gasteiger partial charge in [0.2, 0.25) is 0 Å². The molecule has 3 atom stereocenters. The second kappa shape index (κ2) is 8.05. The van der Waals surface area contributed by atoms with Crippen molar-refractivity contribution in [1.82, 2.24) is 4.98 Å². The molecule has 0 aliphatic heterocycles. The predicted octanol–water partition coefficient (Wildman–Crippen LogP) is 4.03. The second-order valence-corrected chi connectivity index (χ2v) is 6.13. The van der Waals surface area contributed by atoms with Crippen molar-refractivity contribution in [1.29, 1.82) is 0 Å². The van der Waals surface area contributed by atoms with Crippen molar-refractivity contribution in [3.63, 3.8) is 0 Å². The summed E-state index contributed by atoms with van der Waals surface area (Å²) in [7, 11) is 0. The number of hydrogen-bond acceptors (Lipinski definition) is 2. The molecule has 134 valence electrons. The fourth-order valence-corrected chi connectivity index (χ4v) is 3.14. The van der Waals surface area contributed by atoms with Crippen LogP contribution >= 0.6 is 0 Å². The SMILES string of the molecule is C=CC(CCCC(=O)O)C1=C(F)C=C(c2ccc[nH]c2=O)C(C)C1F. The number of pyridine rings is 1. The molecule has 3 unspecified atom stereocenters. The van der Waals surface area contributed by atoms with E-state index in [1.54, 1.807) is 13.0 Å². The molecule has 2 rings (SSSR count). The van der Waals surface area contributed by atoms with Gasteiger partial charge in [0.25, 0.3) is 5.56 Å². The number of nitrogens with one attached hydrogen (secondary N) is 1. The molecule has 0 bridgehead atoms. The van der Waals surface area contributed by atoms with Gasteiger partial charge in [0.15, 0.2) is 0 Å². The molecule has 0 fully saturated rings. The summed E-state index contributed by atoms with van der Waals surface area (Å²) < 4.78 is 29.6. The fourth-order valence-electron chi connectivity index (χ4n) is 3.14. The van der Waals surface area contributed by atoms with Crippen LogP contribution in [0.2, 0.25) is 0 Å². The summed E-state index contributed by atoms with van der Waals surface area (Å²) in [4.78, 5) is 25.1. The summed E-state index contributed by atoms with van der Waals surface area (Å²) in [6.07, 6.45) is 3.05. The normalized spacial score (nSPS) is 21.6. The van der Waals surface area contributed by atoms with E-state index in [1.165, 1.54) is 24.4 Å². The number of carboxylic acid groups (broad SMARTS) is 1. The van der Waals surface area contributed by atoms with Gasteiger partial charge in [0.1, 0.15) is 12.0 Å². The van der Waals surface area contributed by atoms with Crippen molar-refractivity contribution >= 4 is 11.5 Å². The van der Waals surface area contributed by atoms with Gasteiger partial charge in [0, 0.05) is 35.6 Å². The molecule has 25 heavy (non-hydrogen) atoms. The third kappa shape index (κ3) is 4.13. The minimum Gasteiger partial charge on any atom is -0.481 e. The molecule has 4 nitrogen and oxygen atoms in total. The largest absolute Gasteiger partial charge is 0.481 e. The Kier molecular flexibility index (Phi) is 6.07. The molecule has 0 amide bonds. The molecule has 0 aromatic carbocycles. The molecule has 6 heteroatoms. The van der Waals surface area contributed by atoms with Gasteiger partial charge in [0.05, 0.1) is 0 Å². The second-order valence-electron chi connectivity index (χ2n) is 6.13. The number of aliphatic carboxylic acids is 1. The number of carboxylic acids is 1. The highest BCUT2D eigenvalue weighted by Gasteiger charge is 2.35. The zero-order valence-electron chi connectivity index (χ0n) is 14.0. The molecule has 0 radical (unpaired) electrons. The molecule has 1 aliphatic carbocycles. The number of carbonyl (C=O) groups is 1. The number of aromatic amines is 1. The molecule has 1 aromatic rings. The zero-order valence-corrected chi connectivity index (χ0v) is 14.0. The Hall–Kier alpha value is -2.50. The van der Waals surface area contributed by atoms with Gasteiger partial charge in [-0.3, -0.25) is 9.59 Å². The summed E-state index contributed by atoms with van der Waals surface area (Å²) in [6, 6.07) is 3.14. The van der Waals surface area contributed by atoms with Crippen LogP contribution in [0.3, 0.4) is 0 Å². The lowest BCUT2D eigenvalue weighted by Crippen LogP contribution is -2.27. The minimum atomic E-state index is -1.60. The molecule has 0 saturated carbocycles. The predicted molar refractivity (Wildman–Crippen MR) is 92.4 cm³/mol. The summed E-state index contributed by atoms with van der Waals surface area (Å²) in [6.45, 7) is 5.23. The molecule has 2 N–H and O–H groups in total. The number of halogens is 2. The van der Waals surface area contributed by atoms with Gasteiger partial charge in [-0.15, -0.1) is 6.58 Å². The van der Waals surface area contributed by atoms with Crippen LogP contribution in [0.25, 0.3) is 5.57 Å². The smallest absolute Gasteiger partial charge is 0.303 e. The van der Waals surface area contributed by atoms with Crippen molar-refractivity contribution < 1.29 is 18.7 Å². The highest BCUT2D eigenvalue weighted by atomic mass is 19.1. The van der Waals surface area contributed by atoms with Crippen molar-refractivity contribution in [3.8, 4) is 0 Å². The number of rotatable bonds is 7. The summed E-state index contributed by atoms with van der Waals surface area (Å²) in [5.74, 6) is -2.94. The van der Waals surface area contributed by atoms with Gasteiger partial charge >= 0.3 is 5.97 Å². The lowest BCUT2D eigenvalue weighted by Gasteiger charge is -2.30. The maximum Gasteiger partial charge on any atom is 0.303 e. The summed E-state index contributed by atoms with van der Waals surface area (Å²) in [5, 5.41) is 8.71. The quantitative estimate of drug-likeness (QED) is 0.730. The molecular formula is C19H21F2NO3. The highest BCUT2D eigenvalue weighted by Crippen LogP contribution is 2.41. The van der Waals surface area contributed by atoms with Crippen LogP contribution in [0.1, 0.15) is 31.7 Å². The Morgan fingerprint density at radius 1 is 1.52 bits per heavy atom. The van der Waals surface area contributed by atoms with Gasteiger partial charge in [-0.05, 0) is 36.6 Å². The standard InChI is InChI=1S/C19H21F2NO3/c1-3-12(6-4-8-16(23)24)17-15(20)10-14(11(2)18(17)21)13-7-5-9-22-19(13)25/h3,5,7,9-12,18H,1,4,6,8H2,2H3,(H,22,25)(H,23,24). The van der Waals surface area contributed by atoms with Crippen LogP contribution in [-0.2, 0) is 4.79 Å². The molecule has 1 aliphatic rings. The maximum atomic E-state index is 15.0. The lowest BCUT2D eigenvalue weighted by molar-refractivity contribution is -0.137. The van der Waals surface area contributed by atoms with Crippen LogP contribution < -0.4 is 5.56 Å². The van der Waals surface area contributed by atoms with E-state index in [9.17, 15) is 18.4 Å². The Labute approximate surface area is 144 Å². The van der Waals surface area contributed by atoms with Gasteiger partial charge in [-0.2, -0.15) is 0 Å². The van der Waals surface area contributed by atoms with E-state index < -0.39 is 35.4 Å².